The van der Waals surface area contributed by atoms with E-state index in [0.29, 0.717) is 41.4 Å². The Bertz CT molecular complexity index is 1490. The topological polar surface area (TPSA) is 107 Å². The van der Waals surface area contributed by atoms with Crippen LogP contribution in [0, 0.1) is 6.92 Å². The molecule has 0 bridgehead atoms. The number of hydrogen-bond acceptors (Lipinski definition) is 7. The molecule has 3 aromatic rings. The van der Waals surface area contributed by atoms with Crippen LogP contribution in [-0.2, 0) is 0 Å². The largest absolute Gasteiger partial charge is 0.486 e. The Labute approximate surface area is 188 Å². The molecule has 2 aromatic carbocycles. The van der Waals surface area contributed by atoms with Gasteiger partial charge in [-0.15, -0.1) is 0 Å². The van der Waals surface area contributed by atoms with Crippen molar-refractivity contribution in [1.82, 2.24) is 24.7 Å². The number of rotatable bonds is 4. The van der Waals surface area contributed by atoms with Gasteiger partial charge in [-0.1, -0.05) is 30.3 Å². The van der Waals surface area contributed by atoms with Crippen molar-refractivity contribution in [2.75, 3.05) is 18.5 Å². The molecular formula is C24H20N6O3. The summed E-state index contributed by atoms with van der Waals surface area (Å²) in [4.78, 5) is 21.7. The first-order valence-electron chi connectivity index (χ1n) is 10.6. The molecule has 1 aromatic heterocycles. The smallest absolute Gasteiger partial charge is 0.275 e. The molecule has 0 amide bonds. The average molecular weight is 440 g/mol. The van der Waals surface area contributed by atoms with E-state index in [0.717, 1.165) is 22.9 Å². The fraction of sp³-hybridized carbons (Fsp3) is 0.167. The molecular weight excluding hydrogens is 420 g/mol. The summed E-state index contributed by atoms with van der Waals surface area (Å²) in [6.07, 6.45) is 1.51. The first-order chi connectivity index (χ1) is 16.2. The lowest BCUT2D eigenvalue weighted by molar-refractivity contribution is 0.0996. The summed E-state index contributed by atoms with van der Waals surface area (Å²) in [6.45, 7) is 2.80. The van der Waals surface area contributed by atoms with Crippen molar-refractivity contribution in [2.45, 2.75) is 13.0 Å². The van der Waals surface area contributed by atoms with Crippen LogP contribution < -0.4 is 20.3 Å². The van der Waals surface area contributed by atoms with Crippen LogP contribution in [0.4, 0.5) is 5.95 Å². The summed E-state index contributed by atoms with van der Waals surface area (Å²) in [7, 11) is 0. The lowest BCUT2D eigenvalue weighted by Gasteiger charge is -2.26. The Kier molecular flexibility index (Phi) is 4.46. The van der Waals surface area contributed by atoms with E-state index in [2.05, 4.69) is 20.5 Å². The highest BCUT2D eigenvalue weighted by atomic mass is 16.6. The van der Waals surface area contributed by atoms with Gasteiger partial charge in [-0.3, -0.25) is 9.36 Å². The van der Waals surface area contributed by atoms with Crippen molar-refractivity contribution in [1.29, 1.82) is 0 Å². The Morgan fingerprint density at radius 2 is 1.91 bits per heavy atom. The second-order valence-corrected chi connectivity index (χ2v) is 7.84. The van der Waals surface area contributed by atoms with E-state index in [1.54, 1.807) is 6.20 Å². The predicted octanol–water partition coefficient (Wildman–Crippen LogP) is 3.17. The Balaban J connectivity index is 1.39. The average Bonchev–Trinajstić information content (AvgIpc) is 3.25. The van der Waals surface area contributed by atoms with Crippen LogP contribution in [0.5, 0.6) is 11.5 Å². The molecule has 164 valence electrons. The third-order valence-corrected chi connectivity index (χ3v) is 5.74. The molecule has 0 radical (unpaired) electrons. The number of aromatic amines is 1. The van der Waals surface area contributed by atoms with E-state index in [1.165, 1.54) is 0 Å². The maximum atomic E-state index is 12.4. The molecule has 3 aliphatic heterocycles. The van der Waals surface area contributed by atoms with Crippen molar-refractivity contribution in [2.24, 2.45) is 0 Å². The van der Waals surface area contributed by atoms with E-state index in [1.807, 2.05) is 66.1 Å². The van der Waals surface area contributed by atoms with Gasteiger partial charge in [-0.05, 0) is 31.2 Å². The van der Waals surface area contributed by atoms with Gasteiger partial charge >= 0.3 is 0 Å². The predicted molar refractivity (Wildman–Crippen MR) is 123 cm³/mol. The summed E-state index contributed by atoms with van der Waals surface area (Å²) in [6, 6.07) is 17.4. The van der Waals surface area contributed by atoms with Gasteiger partial charge in [-0.25, -0.2) is 10.1 Å². The zero-order valence-corrected chi connectivity index (χ0v) is 17.8. The molecule has 9 nitrogen and oxygen atoms in total. The monoisotopic (exact) mass is 440 g/mol. The molecule has 33 heavy (non-hydrogen) atoms. The number of ether oxygens (including phenoxy) is 2. The second kappa shape index (κ2) is 7.63. The van der Waals surface area contributed by atoms with E-state index in [4.69, 9.17) is 14.5 Å². The van der Waals surface area contributed by atoms with E-state index < -0.39 is 0 Å². The van der Waals surface area contributed by atoms with E-state index in [9.17, 15) is 4.79 Å². The number of aromatic nitrogens is 5. The highest BCUT2D eigenvalue weighted by molar-refractivity contribution is 5.93. The third-order valence-electron chi connectivity index (χ3n) is 5.74. The van der Waals surface area contributed by atoms with Crippen LogP contribution in [-0.4, -0.2) is 44.0 Å². The van der Waals surface area contributed by atoms with Crippen LogP contribution in [0.1, 0.15) is 5.69 Å². The van der Waals surface area contributed by atoms with Gasteiger partial charge in [0, 0.05) is 17.6 Å². The molecule has 0 aliphatic carbocycles. The van der Waals surface area contributed by atoms with Crippen molar-refractivity contribution in [3.05, 3.63) is 76.8 Å². The number of fused-ring (bicyclic) bond motifs is 4. The minimum absolute atomic E-state index is 0.181. The van der Waals surface area contributed by atoms with Crippen LogP contribution in [0.25, 0.3) is 28.0 Å². The third kappa shape index (κ3) is 3.25. The van der Waals surface area contributed by atoms with Crippen LogP contribution in [0.2, 0.25) is 0 Å². The minimum atomic E-state index is -0.231. The van der Waals surface area contributed by atoms with Crippen molar-refractivity contribution in [3.63, 3.8) is 0 Å². The van der Waals surface area contributed by atoms with Gasteiger partial charge in [0.25, 0.3) is 5.56 Å². The van der Waals surface area contributed by atoms with Crippen molar-refractivity contribution >= 4 is 17.0 Å². The Morgan fingerprint density at radius 1 is 1.12 bits per heavy atom. The SMILES string of the molecule is Cc1c2c(=O)[nH]nc-2c2cnc(NCC3COc4ccccc4O3)nc2n1-c1ccccc1. The molecule has 0 saturated heterocycles. The minimum Gasteiger partial charge on any atom is -0.486 e. The number of nitrogens with zero attached hydrogens (tertiary/aromatic N) is 4. The first kappa shape index (κ1) is 19.3. The Hall–Kier alpha value is -4.40. The van der Waals surface area contributed by atoms with Crippen molar-refractivity contribution in [3.8, 4) is 28.4 Å². The summed E-state index contributed by atoms with van der Waals surface area (Å²) in [5.74, 6) is 1.92. The number of para-hydroxylation sites is 3. The first-order valence-corrected chi connectivity index (χ1v) is 10.6. The van der Waals surface area contributed by atoms with Gasteiger partial charge in [0.05, 0.1) is 17.5 Å². The highest BCUT2D eigenvalue weighted by Gasteiger charge is 2.24. The Morgan fingerprint density at radius 3 is 2.76 bits per heavy atom. The molecule has 1 atom stereocenters. The normalized spacial score (nSPS) is 15.1. The summed E-state index contributed by atoms with van der Waals surface area (Å²) >= 11 is 0. The van der Waals surface area contributed by atoms with E-state index >= 15 is 0 Å². The van der Waals surface area contributed by atoms with Crippen LogP contribution >= 0.6 is 0 Å². The number of pyridine rings is 1. The summed E-state index contributed by atoms with van der Waals surface area (Å²) < 4.78 is 13.8. The highest BCUT2D eigenvalue weighted by Crippen LogP contribution is 2.32. The molecule has 6 rings (SSSR count). The summed E-state index contributed by atoms with van der Waals surface area (Å²) in [5.41, 5.74) is 3.17. The zero-order chi connectivity index (χ0) is 22.4. The number of anilines is 1. The molecule has 3 aliphatic rings. The molecule has 4 heterocycles. The molecule has 2 N–H and O–H groups in total. The number of nitrogens with one attached hydrogen (secondary N) is 2. The quantitative estimate of drug-likeness (QED) is 0.442. The number of benzene rings is 2. The van der Waals surface area contributed by atoms with Crippen LogP contribution in [0.3, 0.4) is 0 Å². The van der Waals surface area contributed by atoms with Gasteiger partial charge in [0.15, 0.2) is 17.1 Å². The lowest BCUT2D eigenvalue weighted by Crippen LogP contribution is -2.35. The fourth-order valence-electron chi connectivity index (χ4n) is 4.18. The molecule has 0 fully saturated rings. The van der Waals surface area contributed by atoms with Gasteiger partial charge in [-0.2, -0.15) is 10.1 Å². The number of H-pyrrole nitrogens is 1. The van der Waals surface area contributed by atoms with Gasteiger partial charge < -0.3 is 14.8 Å². The maximum Gasteiger partial charge on any atom is 0.275 e. The lowest BCUT2D eigenvalue weighted by atomic mass is 10.1. The fourth-order valence-corrected chi connectivity index (χ4v) is 4.18. The van der Waals surface area contributed by atoms with Crippen LogP contribution in [0.15, 0.2) is 65.6 Å². The summed E-state index contributed by atoms with van der Waals surface area (Å²) in [5, 5.41) is 10.7. The molecule has 9 heteroatoms. The zero-order valence-electron chi connectivity index (χ0n) is 17.8. The second-order valence-electron chi connectivity index (χ2n) is 7.84. The standard InChI is InChI=1S/C24H20N6O3/c1-14-20-21(28-29-23(20)31)17-12-26-24(27-22(17)30(14)15-7-3-2-4-8-15)25-11-16-13-32-18-9-5-6-10-19(18)33-16/h2-10,12,16H,11,13H2,1H3,(H,29,31)(H,25,26,27). The molecule has 0 spiro atoms. The maximum absolute atomic E-state index is 12.4. The van der Waals surface area contributed by atoms with Gasteiger partial charge in [0.1, 0.15) is 18.4 Å². The van der Waals surface area contributed by atoms with Crippen molar-refractivity contribution < 1.29 is 9.47 Å². The number of hydrogen-bond donors (Lipinski definition) is 2. The molecule has 1 unspecified atom stereocenters. The van der Waals surface area contributed by atoms with E-state index in [-0.39, 0.29) is 11.7 Å². The molecule has 0 saturated carbocycles. The van der Waals surface area contributed by atoms with Gasteiger partial charge in [0.2, 0.25) is 5.95 Å².